The monoisotopic (exact) mass is 389 g/mol. The third-order valence-electron chi connectivity index (χ3n) is 5.00. The summed E-state index contributed by atoms with van der Waals surface area (Å²) in [6.07, 6.45) is 3.33. The molecule has 8 heteroatoms. The number of nitrogens with zero attached hydrogens (tertiary/aromatic N) is 6. The average molecular weight is 389 g/mol. The highest BCUT2D eigenvalue weighted by Crippen LogP contribution is 2.24. The lowest BCUT2D eigenvalue weighted by Crippen LogP contribution is -2.36. The number of ether oxygens (including phenoxy) is 1. The van der Waals surface area contributed by atoms with E-state index in [2.05, 4.69) is 32.2 Å². The summed E-state index contributed by atoms with van der Waals surface area (Å²) in [6, 6.07) is 16.0. The predicted octanol–water partition coefficient (Wildman–Crippen LogP) is 2.03. The minimum atomic E-state index is 0.612. The van der Waals surface area contributed by atoms with Gasteiger partial charge in [-0.1, -0.05) is 12.1 Å². The molecule has 0 unspecified atom stereocenters. The third kappa shape index (κ3) is 4.54. The van der Waals surface area contributed by atoms with Crippen molar-refractivity contribution < 1.29 is 4.74 Å². The fourth-order valence-corrected chi connectivity index (χ4v) is 3.40. The Morgan fingerprint density at radius 2 is 1.79 bits per heavy atom. The summed E-state index contributed by atoms with van der Waals surface area (Å²) in [4.78, 5) is 2.31. The lowest BCUT2D eigenvalue weighted by Gasteiger charge is -2.29. The largest absolute Gasteiger partial charge is 0.399 e. The van der Waals surface area contributed by atoms with Crippen LogP contribution >= 0.6 is 0 Å². The molecule has 2 aromatic carbocycles. The van der Waals surface area contributed by atoms with Crippen molar-refractivity contribution in [1.29, 1.82) is 5.26 Å². The number of nitriles is 1. The first-order valence-corrected chi connectivity index (χ1v) is 9.53. The van der Waals surface area contributed by atoms with Crippen LogP contribution in [-0.2, 0) is 17.8 Å². The fourth-order valence-electron chi connectivity index (χ4n) is 3.40. The molecule has 2 heterocycles. The van der Waals surface area contributed by atoms with E-state index in [4.69, 9.17) is 10.5 Å². The molecule has 3 aromatic rings. The summed E-state index contributed by atoms with van der Waals surface area (Å²) in [6.45, 7) is 4.53. The normalized spacial score (nSPS) is 14.4. The highest BCUT2D eigenvalue weighted by Gasteiger charge is 2.16. The van der Waals surface area contributed by atoms with Crippen molar-refractivity contribution in [2.45, 2.75) is 13.1 Å². The maximum Gasteiger partial charge on any atom is 0.139 e. The Hall–Kier alpha value is -3.41. The van der Waals surface area contributed by atoms with Crippen molar-refractivity contribution in [3.05, 3.63) is 71.8 Å². The molecule has 8 nitrogen and oxygen atoms in total. The van der Waals surface area contributed by atoms with Crippen molar-refractivity contribution in [3.63, 3.8) is 0 Å². The van der Waals surface area contributed by atoms with Crippen LogP contribution in [0, 0.1) is 11.3 Å². The fraction of sp³-hybridized carbons (Fsp3) is 0.286. The predicted molar refractivity (Wildman–Crippen MR) is 110 cm³/mol. The lowest BCUT2D eigenvalue weighted by molar-refractivity contribution is 0.0341. The van der Waals surface area contributed by atoms with Crippen LogP contribution in [0.1, 0.15) is 16.7 Å². The van der Waals surface area contributed by atoms with Gasteiger partial charge in [0.25, 0.3) is 0 Å². The first-order valence-electron chi connectivity index (χ1n) is 9.53. The van der Waals surface area contributed by atoms with Gasteiger partial charge in [-0.3, -0.25) is 9.91 Å². The van der Waals surface area contributed by atoms with Crippen LogP contribution in [0.5, 0.6) is 0 Å². The highest BCUT2D eigenvalue weighted by atomic mass is 16.5. The van der Waals surface area contributed by atoms with E-state index in [1.54, 1.807) is 12.7 Å². The van der Waals surface area contributed by atoms with Gasteiger partial charge in [0.15, 0.2) is 0 Å². The quantitative estimate of drug-likeness (QED) is 0.644. The molecule has 0 atom stereocenters. The molecule has 1 aliphatic heterocycles. The number of morpholine rings is 1. The zero-order chi connectivity index (χ0) is 20.1. The molecular formula is C21H23N7O. The molecule has 148 valence electrons. The summed E-state index contributed by atoms with van der Waals surface area (Å²) in [5.41, 5.74) is 10.3. The molecule has 0 aliphatic carbocycles. The van der Waals surface area contributed by atoms with Gasteiger partial charge in [0.2, 0.25) is 0 Å². The molecule has 1 fully saturated rings. The summed E-state index contributed by atoms with van der Waals surface area (Å²) in [5, 5.41) is 19.5. The van der Waals surface area contributed by atoms with Gasteiger partial charge in [-0.25, -0.2) is 4.68 Å². The second kappa shape index (κ2) is 8.73. The summed E-state index contributed by atoms with van der Waals surface area (Å²) in [5.74, 6) is 0. The van der Waals surface area contributed by atoms with Crippen LogP contribution < -0.4 is 10.7 Å². The first-order chi connectivity index (χ1) is 14.2. The highest BCUT2D eigenvalue weighted by molar-refractivity contribution is 5.54. The van der Waals surface area contributed by atoms with Crippen LogP contribution in [0.15, 0.2) is 55.1 Å². The molecule has 0 amide bonds. The van der Waals surface area contributed by atoms with E-state index in [0.29, 0.717) is 12.1 Å². The minimum Gasteiger partial charge on any atom is -0.399 e. The Labute approximate surface area is 169 Å². The van der Waals surface area contributed by atoms with Crippen molar-refractivity contribution in [2.24, 2.45) is 0 Å². The summed E-state index contributed by atoms with van der Waals surface area (Å²) >= 11 is 0. The van der Waals surface area contributed by atoms with Crippen LogP contribution in [0.4, 0.5) is 11.4 Å². The van der Waals surface area contributed by atoms with E-state index < -0.39 is 0 Å². The van der Waals surface area contributed by atoms with Crippen LogP contribution in [0.3, 0.4) is 0 Å². The molecule has 0 spiro atoms. The van der Waals surface area contributed by atoms with Gasteiger partial charge >= 0.3 is 0 Å². The molecular weight excluding hydrogens is 366 g/mol. The molecule has 0 radical (unpaired) electrons. The van der Waals surface area contributed by atoms with E-state index in [0.717, 1.165) is 55.3 Å². The first kappa shape index (κ1) is 18.9. The molecule has 1 aliphatic rings. The minimum absolute atomic E-state index is 0.612. The van der Waals surface area contributed by atoms with Crippen molar-refractivity contribution in [1.82, 2.24) is 19.8 Å². The maximum absolute atomic E-state index is 9.58. The van der Waals surface area contributed by atoms with Gasteiger partial charge in [0, 0.05) is 25.3 Å². The van der Waals surface area contributed by atoms with Gasteiger partial charge in [-0.2, -0.15) is 5.26 Å². The van der Waals surface area contributed by atoms with E-state index in [1.165, 1.54) is 0 Å². The van der Waals surface area contributed by atoms with Gasteiger partial charge in [0.05, 0.1) is 37.1 Å². The molecule has 0 bridgehead atoms. The molecule has 2 N–H and O–H groups in total. The summed E-state index contributed by atoms with van der Waals surface area (Å²) in [7, 11) is 0. The van der Waals surface area contributed by atoms with E-state index >= 15 is 0 Å². The Bertz CT molecular complexity index is 973. The topological polar surface area (TPSA) is 96.2 Å². The number of hydrogen-bond acceptors (Lipinski definition) is 7. The van der Waals surface area contributed by atoms with Crippen molar-refractivity contribution in [3.8, 4) is 6.07 Å². The zero-order valence-corrected chi connectivity index (χ0v) is 16.1. The van der Waals surface area contributed by atoms with E-state index in [1.807, 2.05) is 41.1 Å². The number of aromatic nitrogens is 3. The standard InChI is InChI=1S/C21H23N7O/c22-12-18-3-6-21(11-19(18)14-26-7-9-29-10-8-26)28(27-15-24-25-16-27)13-17-1-4-20(23)5-2-17/h1-6,11,15-16H,7-10,13-14,23H2. The SMILES string of the molecule is N#Cc1ccc(N(Cc2ccc(N)cc2)n2cnnc2)cc1CN1CCOCC1. The van der Waals surface area contributed by atoms with E-state index in [-0.39, 0.29) is 0 Å². The van der Waals surface area contributed by atoms with Crippen LogP contribution in [-0.4, -0.2) is 46.1 Å². The van der Waals surface area contributed by atoms with Gasteiger partial charge in [0.1, 0.15) is 12.7 Å². The summed E-state index contributed by atoms with van der Waals surface area (Å²) < 4.78 is 7.28. The number of anilines is 2. The van der Waals surface area contributed by atoms with Crippen molar-refractivity contribution in [2.75, 3.05) is 37.0 Å². The van der Waals surface area contributed by atoms with Gasteiger partial charge in [-0.05, 0) is 41.5 Å². The van der Waals surface area contributed by atoms with E-state index in [9.17, 15) is 5.26 Å². The zero-order valence-electron chi connectivity index (χ0n) is 16.1. The Kier molecular flexibility index (Phi) is 5.70. The van der Waals surface area contributed by atoms with Crippen LogP contribution in [0.2, 0.25) is 0 Å². The Morgan fingerprint density at radius 1 is 1.07 bits per heavy atom. The number of nitrogens with two attached hydrogens (primary N) is 1. The molecule has 4 rings (SSSR count). The second-order valence-electron chi connectivity index (χ2n) is 6.98. The molecule has 1 saturated heterocycles. The molecule has 1 aromatic heterocycles. The number of rotatable bonds is 6. The third-order valence-corrected chi connectivity index (χ3v) is 5.00. The molecule has 0 saturated carbocycles. The number of nitrogen functional groups attached to an aromatic ring is 1. The van der Waals surface area contributed by atoms with Crippen molar-refractivity contribution >= 4 is 11.4 Å². The van der Waals surface area contributed by atoms with Crippen LogP contribution in [0.25, 0.3) is 0 Å². The Morgan fingerprint density at radius 3 is 2.48 bits per heavy atom. The lowest BCUT2D eigenvalue weighted by atomic mass is 10.1. The average Bonchev–Trinajstić information content (AvgIpc) is 3.29. The Balaban J connectivity index is 1.65. The maximum atomic E-state index is 9.58. The molecule has 29 heavy (non-hydrogen) atoms. The van der Waals surface area contributed by atoms with Gasteiger partial charge in [-0.15, -0.1) is 10.2 Å². The number of hydrogen-bond donors (Lipinski definition) is 1. The number of benzene rings is 2. The smallest absolute Gasteiger partial charge is 0.139 e. The second-order valence-corrected chi connectivity index (χ2v) is 6.98. The van der Waals surface area contributed by atoms with Gasteiger partial charge < -0.3 is 10.5 Å².